The predicted octanol–water partition coefficient (Wildman–Crippen LogP) is 2.12. The summed E-state index contributed by atoms with van der Waals surface area (Å²) in [5.74, 6) is -1.28. The summed E-state index contributed by atoms with van der Waals surface area (Å²) in [5.41, 5.74) is 0.660. The lowest BCUT2D eigenvalue weighted by Crippen LogP contribution is -2.43. The van der Waals surface area contributed by atoms with Crippen molar-refractivity contribution >= 4 is 17.6 Å². The first-order valence-corrected chi connectivity index (χ1v) is 7.56. The lowest BCUT2D eigenvalue weighted by molar-refractivity contribution is -0.137. The molecule has 1 aromatic rings. The Balaban J connectivity index is 2.04. The van der Waals surface area contributed by atoms with Crippen LogP contribution in [0.4, 0.5) is 10.1 Å². The SMILES string of the molecule is O=C(O)CCN(CC(=O)N1CCCCC1)c1ccc(F)cc1. The maximum atomic E-state index is 13.0. The van der Waals surface area contributed by atoms with Gasteiger partial charge in [0.15, 0.2) is 0 Å². The lowest BCUT2D eigenvalue weighted by Gasteiger charge is -2.30. The monoisotopic (exact) mass is 308 g/mol. The van der Waals surface area contributed by atoms with Crippen molar-refractivity contribution in [2.75, 3.05) is 31.1 Å². The zero-order valence-corrected chi connectivity index (χ0v) is 12.5. The summed E-state index contributed by atoms with van der Waals surface area (Å²) >= 11 is 0. The van der Waals surface area contributed by atoms with E-state index in [0.717, 1.165) is 32.4 Å². The Hall–Kier alpha value is -2.11. The van der Waals surface area contributed by atoms with Crippen LogP contribution >= 0.6 is 0 Å². The number of likely N-dealkylation sites (tertiary alicyclic amines) is 1. The Morgan fingerprint density at radius 1 is 1.14 bits per heavy atom. The Morgan fingerprint density at radius 3 is 2.36 bits per heavy atom. The molecule has 5 nitrogen and oxygen atoms in total. The summed E-state index contributed by atoms with van der Waals surface area (Å²) in [6.07, 6.45) is 3.10. The minimum absolute atomic E-state index is 0.00517. The number of piperidine rings is 1. The van der Waals surface area contributed by atoms with E-state index in [2.05, 4.69) is 0 Å². The molecule has 0 atom stereocenters. The number of carbonyl (C=O) groups excluding carboxylic acids is 1. The van der Waals surface area contributed by atoms with Crippen LogP contribution in [0.1, 0.15) is 25.7 Å². The fourth-order valence-corrected chi connectivity index (χ4v) is 2.59. The van der Waals surface area contributed by atoms with Gasteiger partial charge in [-0.05, 0) is 43.5 Å². The number of carboxylic acid groups (broad SMARTS) is 1. The van der Waals surface area contributed by atoms with Crippen LogP contribution in [0.5, 0.6) is 0 Å². The number of halogens is 1. The van der Waals surface area contributed by atoms with Crippen molar-refractivity contribution in [1.82, 2.24) is 4.90 Å². The predicted molar refractivity (Wildman–Crippen MR) is 81.3 cm³/mol. The molecule has 0 saturated carbocycles. The first-order valence-electron chi connectivity index (χ1n) is 7.56. The molecule has 0 unspecified atom stereocenters. The maximum Gasteiger partial charge on any atom is 0.305 e. The molecular weight excluding hydrogens is 287 g/mol. The van der Waals surface area contributed by atoms with Gasteiger partial charge in [0, 0.05) is 25.3 Å². The number of hydrogen-bond acceptors (Lipinski definition) is 3. The van der Waals surface area contributed by atoms with Crippen LogP contribution < -0.4 is 4.90 Å². The van der Waals surface area contributed by atoms with E-state index < -0.39 is 5.97 Å². The summed E-state index contributed by atoms with van der Waals surface area (Å²) in [6, 6.07) is 5.77. The molecule has 22 heavy (non-hydrogen) atoms. The van der Waals surface area contributed by atoms with Gasteiger partial charge < -0.3 is 14.9 Å². The third-order valence-electron chi connectivity index (χ3n) is 3.82. The Labute approximate surface area is 129 Å². The number of anilines is 1. The van der Waals surface area contributed by atoms with Gasteiger partial charge in [0.25, 0.3) is 0 Å². The van der Waals surface area contributed by atoms with Crippen molar-refractivity contribution in [2.45, 2.75) is 25.7 Å². The van der Waals surface area contributed by atoms with Crippen LogP contribution in [0.2, 0.25) is 0 Å². The molecule has 1 aliphatic heterocycles. The zero-order valence-electron chi connectivity index (χ0n) is 12.5. The summed E-state index contributed by atoms with van der Waals surface area (Å²) in [4.78, 5) is 26.7. The molecule has 120 valence electrons. The van der Waals surface area contributed by atoms with E-state index in [9.17, 15) is 14.0 Å². The highest BCUT2D eigenvalue weighted by molar-refractivity contribution is 5.82. The molecular formula is C16H21FN2O3. The van der Waals surface area contributed by atoms with E-state index in [1.807, 2.05) is 4.90 Å². The summed E-state index contributed by atoms with van der Waals surface area (Å²) in [7, 11) is 0. The summed E-state index contributed by atoms with van der Waals surface area (Å²) < 4.78 is 13.0. The van der Waals surface area contributed by atoms with Gasteiger partial charge in [-0.3, -0.25) is 9.59 Å². The molecule has 0 radical (unpaired) electrons. The van der Waals surface area contributed by atoms with Crippen LogP contribution in [-0.4, -0.2) is 48.1 Å². The maximum absolute atomic E-state index is 13.0. The summed E-state index contributed by atoms with van der Waals surface area (Å²) in [6.45, 7) is 1.86. The van der Waals surface area contributed by atoms with Gasteiger partial charge in [-0.15, -0.1) is 0 Å². The summed E-state index contributed by atoms with van der Waals surface area (Å²) in [5, 5.41) is 8.85. The first kappa shape index (κ1) is 16.3. The average Bonchev–Trinajstić information content (AvgIpc) is 2.53. The molecule has 0 aromatic heterocycles. The number of amides is 1. The van der Waals surface area contributed by atoms with Crippen molar-refractivity contribution in [2.24, 2.45) is 0 Å². The molecule has 1 amide bonds. The van der Waals surface area contributed by atoms with E-state index in [-0.39, 0.29) is 31.2 Å². The second-order valence-corrected chi connectivity index (χ2v) is 5.48. The topological polar surface area (TPSA) is 60.9 Å². The van der Waals surface area contributed by atoms with Crippen molar-refractivity contribution in [1.29, 1.82) is 0 Å². The molecule has 2 rings (SSSR count). The second kappa shape index (κ2) is 7.77. The van der Waals surface area contributed by atoms with Gasteiger partial charge in [-0.25, -0.2) is 4.39 Å². The number of rotatable bonds is 6. The molecule has 6 heteroatoms. The van der Waals surface area contributed by atoms with Crippen LogP contribution in [0.15, 0.2) is 24.3 Å². The van der Waals surface area contributed by atoms with Crippen LogP contribution in [-0.2, 0) is 9.59 Å². The van der Waals surface area contributed by atoms with Gasteiger partial charge in [-0.1, -0.05) is 0 Å². The number of carbonyl (C=O) groups is 2. The smallest absolute Gasteiger partial charge is 0.305 e. The number of nitrogens with zero attached hydrogens (tertiary/aromatic N) is 2. The molecule has 1 fully saturated rings. The van der Waals surface area contributed by atoms with Crippen molar-refractivity contribution in [3.05, 3.63) is 30.1 Å². The van der Waals surface area contributed by atoms with E-state index in [1.165, 1.54) is 12.1 Å². The van der Waals surface area contributed by atoms with Crippen molar-refractivity contribution < 1.29 is 19.1 Å². The average molecular weight is 308 g/mol. The van der Waals surface area contributed by atoms with Crippen LogP contribution in [0.25, 0.3) is 0 Å². The van der Waals surface area contributed by atoms with Crippen molar-refractivity contribution in [3.8, 4) is 0 Å². The highest BCUT2D eigenvalue weighted by Gasteiger charge is 2.20. The second-order valence-electron chi connectivity index (χ2n) is 5.48. The quantitative estimate of drug-likeness (QED) is 0.874. The highest BCUT2D eigenvalue weighted by atomic mass is 19.1. The minimum Gasteiger partial charge on any atom is -0.481 e. The Kier molecular flexibility index (Phi) is 5.75. The van der Waals surface area contributed by atoms with Gasteiger partial charge in [0.05, 0.1) is 13.0 Å². The standard InChI is InChI=1S/C16H21FN2O3/c17-13-4-6-14(7-5-13)19(11-8-16(21)22)12-15(20)18-9-2-1-3-10-18/h4-7H,1-3,8-12H2,(H,21,22). The Morgan fingerprint density at radius 2 is 1.77 bits per heavy atom. The number of aliphatic carboxylic acids is 1. The number of benzene rings is 1. The fourth-order valence-electron chi connectivity index (χ4n) is 2.59. The molecule has 0 spiro atoms. The van der Waals surface area contributed by atoms with Gasteiger partial charge in [-0.2, -0.15) is 0 Å². The zero-order chi connectivity index (χ0) is 15.9. The first-order chi connectivity index (χ1) is 10.6. The van der Waals surface area contributed by atoms with Gasteiger partial charge in [0.1, 0.15) is 5.82 Å². The number of carboxylic acids is 1. The van der Waals surface area contributed by atoms with E-state index in [4.69, 9.17) is 5.11 Å². The van der Waals surface area contributed by atoms with Gasteiger partial charge >= 0.3 is 5.97 Å². The van der Waals surface area contributed by atoms with E-state index >= 15 is 0 Å². The molecule has 0 aliphatic carbocycles. The molecule has 1 aromatic carbocycles. The van der Waals surface area contributed by atoms with Crippen LogP contribution in [0.3, 0.4) is 0 Å². The number of hydrogen-bond donors (Lipinski definition) is 1. The molecule has 1 heterocycles. The lowest BCUT2D eigenvalue weighted by atomic mass is 10.1. The van der Waals surface area contributed by atoms with Gasteiger partial charge in [0.2, 0.25) is 5.91 Å². The van der Waals surface area contributed by atoms with Crippen LogP contribution in [0, 0.1) is 5.82 Å². The largest absolute Gasteiger partial charge is 0.481 e. The normalized spacial score (nSPS) is 14.7. The minimum atomic E-state index is -0.919. The van der Waals surface area contributed by atoms with E-state index in [0.29, 0.717) is 5.69 Å². The Bertz CT molecular complexity index is 513. The third-order valence-corrected chi connectivity index (χ3v) is 3.82. The fraction of sp³-hybridized carbons (Fsp3) is 0.500. The highest BCUT2D eigenvalue weighted by Crippen LogP contribution is 2.16. The molecule has 1 N–H and O–H groups in total. The molecule has 1 saturated heterocycles. The van der Waals surface area contributed by atoms with Crippen molar-refractivity contribution in [3.63, 3.8) is 0 Å². The third kappa shape index (κ3) is 4.72. The molecule has 1 aliphatic rings. The molecule has 0 bridgehead atoms. The van der Waals surface area contributed by atoms with E-state index in [1.54, 1.807) is 17.0 Å².